The number of anilines is 1. The van der Waals surface area contributed by atoms with Gasteiger partial charge in [0.25, 0.3) is 25.8 Å². The Bertz CT molecular complexity index is 1510. The van der Waals surface area contributed by atoms with Crippen molar-refractivity contribution in [3.8, 4) is 5.75 Å². The molecule has 1 aliphatic rings. The van der Waals surface area contributed by atoms with E-state index in [9.17, 15) is 16.8 Å². The van der Waals surface area contributed by atoms with Crippen LogP contribution in [0.25, 0.3) is 17.2 Å². The second kappa shape index (κ2) is 9.78. The summed E-state index contributed by atoms with van der Waals surface area (Å²) in [7, 11) is -8.25. The van der Waals surface area contributed by atoms with Gasteiger partial charge in [0, 0.05) is 24.1 Å². The van der Waals surface area contributed by atoms with Gasteiger partial charge < -0.3 is 14.1 Å². The number of aryl methyl sites for hydroxylation is 2. The fourth-order valence-electron chi connectivity index (χ4n) is 3.88. The molecule has 0 fully saturated rings. The Labute approximate surface area is 207 Å². The fraction of sp³-hybridized carbons (Fsp3) is 0.318. The first kappa shape index (κ1) is 25.5. The second-order valence-electron chi connectivity index (χ2n) is 8.19. The third-order valence-corrected chi connectivity index (χ3v) is 7.24. The molecule has 0 spiro atoms. The third kappa shape index (κ3) is 6.33. The molecule has 0 atom stereocenters. The van der Waals surface area contributed by atoms with Gasteiger partial charge in [0.15, 0.2) is 12.3 Å². The van der Waals surface area contributed by atoms with Crippen LogP contribution in [-0.2, 0) is 26.8 Å². The monoisotopic (exact) mass is 543 g/mol. The molecular weight excluding hydrogens is 520 g/mol. The number of hydrogen-bond acceptors (Lipinski definition) is 7. The molecule has 3 aromatic rings. The van der Waals surface area contributed by atoms with E-state index >= 15 is 0 Å². The maximum Gasteiger partial charge on any atom is 0.379 e. The number of fused-ring (bicyclic) bond motifs is 2. The number of ether oxygens (including phenoxy) is 1. The molecule has 2 aromatic carbocycles. The van der Waals surface area contributed by atoms with E-state index in [2.05, 4.69) is 0 Å². The van der Waals surface area contributed by atoms with E-state index in [1.807, 2.05) is 19.1 Å². The zero-order chi connectivity index (χ0) is 25.4. The van der Waals surface area contributed by atoms with E-state index in [0.717, 1.165) is 11.3 Å². The maximum absolute atomic E-state index is 11.2. The van der Waals surface area contributed by atoms with Crippen molar-refractivity contribution in [3.63, 3.8) is 0 Å². The molecule has 2 N–H and O–H groups in total. The molecule has 0 aliphatic carbocycles. The van der Waals surface area contributed by atoms with Crippen molar-refractivity contribution in [1.82, 2.24) is 0 Å². The first-order chi connectivity index (χ1) is 16.4. The average Bonchev–Trinajstić information content (AvgIpc) is 3.24. The standard InChI is InChI=1S/C22H23ClN2O8S2/c1-15-4-6-19-17(12-15)24(8-2-10-34(26,27)28)21(32-19)14-22-25(9-3-11-35(29,30)31)18-13-16(23)5-7-20(18)33-22/h4-7,12-14H,2-3,8-11H2,1H3,(H-,26,27,28,29,30,31)/p+1. The number of nitrogens with zero attached hydrogens (tertiary/aromatic N) is 2. The van der Waals surface area contributed by atoms with Gasteiger partial charge in [0.05, 0.1) is 17.2 Å². The fourth-order valence-corrected chi connectivity index (χ4v) is 5.03. The lowest BCUT2D eigenvalue weighted by Gasteiger charge is -2.17. The Morgan fingerprint density at radius 2 is 1.74 bits per heavy atom. The molecule has 13 heteroatoms. The number of aromatic nitrogens is 1. The SMILES string of the molecule is Cc1ccc2c(c1)N(CCCS(=O)(=O)O)C(=Cc1oc3ccc(Cl)cc3[n+]1CCCS(=O)(=O)O)O2. The van der Waals surface area contributed by atoms with Crippen molar-refractivity contribution in [2.24, 2.45) is 0 Å². The van der Waals surface area contributed by atoms with Crippen molar-refractivity contribution in [2.75, 3.05) is 23.0 Å². The first-order valence-corrected chi connectivity index (χ1v) is 14.3. The van der Waals surface area contributed by atoms with Crippen molar-refractivity contribution < 1.29 is 39.7 Å². The molecule has 0 saturated heterocycles. The zero-order valence-corrected chi connectivity index (χ0v) is 21.1. The van der Waals surface area contributed by atoms with Crippen LogP contribution in [0.5, 0.6) is 5.75 Å². The summed E-state index contributed by atoms with van der Waals surface area (Å²) in [5.74, 6) is 0.459. The topological polar surface area (TPSA) is 138 Å². The molecule has 188 valence electrons. The Kier molecular flexibility index (Phi) is 7.11. The Hall–Kier alpha value is -2.64. The molecule has 0 radical (unpaired) electrons. The van der Waals surface area contributed by atoms with Gasteiger partial charge >= 0.3 is 5.89 Å². The summed E-state index contributed by atoms with van der Waals surface area (Å²) in [4.78, 5) is 1.79. The van der Waals surface area contributed by atoms with Crippen LogP contribution in [0.15, 0.2) is 46.7 Å². The molecule has 0 amide bonds. The van der Waals surface area contributed by atoms with E-state index in [-0.39, 0.29) is 25.9 Å². The van der Waals surface area contributed by atoms with Gasteiger partial charge in [-0.1, -0.05) is 17.7 Å². The predicted octanol–water partition coefficient (Wildman–Crippen LogP) is 3.44. The minimum Gasteiger partial charge on any atom is -0.438 e. The normalized spacial score (nSPS) is 15.1. The number of benzene rings is 2. The maximum atomic E-state index is 11.2. The molecule has 4 rings (SSSR count). The molecule has 0 bridgehead atoms. The summed E-state index contributed by atoms with van der Waals surface area (Å²) in [5.41, 5.74) is 2.86. The number of halogens is 1. The molecule has 0 saturated carbocycles. The molecule has 1 aliphatic heterocycles. The van der Waals surface area contributed by atoms with E-state index in [0.29, 0.717) is 33.6 Å². The van der Waals surface area contributed by atoms with Gasteiger partial charge in [-0.15, -0.1) is 0 Å². The van der Waals surface area contributed by atoms with Gasteiger partial charge in [-0.05, 0) is 43.2 Å². The molecule has 35 heavy (non-hydrogen) atoms. The molecule has 10 nitrogen and oxygen atoms in total. The lowest BCUT2D eigenvalue weighted by molar-refractivity contribution is -0.677. The minimum absolute atomic E-state index is 0.124. The summed E-state index contributed by atoms with van der Waals surface area (Å²) < 4.78 is 76.9. The van der Waals surface area contributed by atoms with Crippen molar-refractivity contribution in [3.05, 3.63) is 58.8 Å². The lowest BCUT2D eigenvalue weighted by atomic mass is 10.2. The number of oxazole rings is 1. The van der Waals surface area contributed by atoms with E-state index in [4.69, 9.17) is 29.9 Å². The predicted molar refractivity (Wildman–Crippen MR) is 131 cm³/mol. The van der Waals surface area contributed by atoms with Crippen molar-refractivity contribution in [1.29, 1.82) is 0 Å². The summed E-state index contributed by atoms with van der Waals surface area (Å²) in [6, 6.07) is 10.6. The molecule has 2 heterocycles. The largest absolute Gasteiger partial charge is 0.438 e. The smallest absolute Gasteiger partial charge is 0.379 e. The minimum atomic E-state index is -4.13. The molecular formula is C22H24ClN2O8S2+. The van der Waals surface area contributed by atoms with E-state index in [1.165, 1.54) is 0 Å². The van der Waals surface area contributed by atoms with Crippen LogP contribution in [0.2, 0.25) is 5.02 Å². The van der Waals surface area contributed by atoms with Gasteiger partial charge in [0.2, 0.25) is 11.5 Å². The van der Waals surface area contributed by atoms with Crippen molar-refractivity contribution >= 4 is 54.7 Å². The number of rotatable bonds is 9. The summed E-state index contributed by atoms with van der Waals surface area (Å²) in [5, 5.41) is 0.466. The average molecular weight is 544 g/mol. The Morgan fingerprint density at radius 3 is 2.46 bits per heavy atom. The Morgan fingerprint density at radius 1 is 1.03 bits per heavy atom. The van der Waals surface area contributed by atoms with Crippen LogP contribution in [-0.4, -0.2) is 44.0 Å². The number of hydrogen-bond donors (Lipinski definition) is 2. The van der Waals surface area contributed by atoms with E-state index in [1.54, 1.807) is 39.8 Å². The first-order valence-electron chi connectivity index (χ1n) is 10.7. The van der Waals surface area contributed by atoms with Gasteiger partial charge in [-0.25, -0.2) is 0 Å². The quantitative estimate of drug-likeness (QED) is 0.307. The van der Waals surface area contributed by atoms with Crippen LogP contribution in [0.1, 0.15) is 24.3 Å². The molecule has 1 aromatic heterocycles. The highest BCUT2D eigenvalue weighted by molar-refractivity contribution is 7.86. The van der Waals surface area contributed by atoms with Crippen LogP contribution >= 0.6 is 11.6 Å². The van der Waals surface area contributed by atoms with Crippen LogP contribution in [0.4, 0.5) is 5.69 Å². The van der Waals surface area contributed by atoms with Gasteiger partial charge in [0.1, 0.15) is 6.08 Å². The highest BCUT2D eigenvalue weighted by Gasteiger charge is 2.30. The van der Waals surface area contributed by atoms with E-state index < -0.39 is 31.7 Å². The molecule has 0 unspecified atom stereocenters. The Balaban J connectivity index is 1.73. The highest BCUT2D eigenvalue weighted by Crippen LogP contribution is 2.40. The van der Waals surface area contributed by atoms with Gasteiger partial charge in [-0.2, -0.15) is 21.4 Å². The van der Waals surface area contributed by atoms with Crippen LogP contribution < -0.4 is 14.2 Å². The summed E-state index contributed by atoms with van der Waals surface area (Å²) >= 11 is 6.16. The third-order valence-electron chi connectivity index (χ3n) is 5.39. The zero-order valence-electron chi connectivity index (χ0n) is 18.7. The van der Waals surface area contributed by atoms with Crippen LogP contribution in [0, 0.1) is 6.92 Å². The van der Waals surface area contributed by atoms with Crippen molar-refractivity contribution in [2.45, 2.75) is 26.3 Å². The second-order valence-corrected chi connectivity index (χ2v) is 11.8. The lowest BCUT2D eigenvalue weighted by Crippen LogP contribution is -2.36. The summed E-state index contributed by atoms with van der Waals surface area (Å²) in [6.07, 6.45) is 1.90. The van der Waals surface area contributed by atoms with Crippen LogP contribution in [0.3, 0.4) is 0 Å². The highest BCUT2D eigenvalue weighted by atomic mass is 35.5. The summed E-state index contributed by atoms with van der Waals surface area (Å²) in [6.45, 7) is 2.38. The van der Waals surface area contributed by atoms with Gasteiger partial charge in [-0.3, -0.25) is 9.11 Å².